The van der Waals surface area contributed by atoms with Gasteiger partial charge in [-0.2, -0.15) is 0 Å². The van der Waals surface area contributed by atoms with Crippen molar-refractivity contribution in [3.05, 3.63) is 28.8 Å². The summed E-state index contributed by atoms with van der Waals surface area (Å²) >= 11 is 6.23. The number of nitrogens with one attached hydrogen (secondary N) is 1. The first-order valence-electron chi connectivity index (χ1n) is 8.26. The number of benzene rings is 1. The average molecular weight is 339 g/mol. The minimum absolute atomic E-state index is 0.134. The Balaban J connectivity index is 2.01. The van der Waals surface area contributed by atoms with Gasteiger partial charge in [0.2, 0.25) is 0 Å². The molecule has 0 aromatic heterocycles. The molecule has 1 unspecified atom stereocenters. The van der Waals surface area contributed by atoms with E-state index >= 15 is 0 Å². The van der Waals surface area contributed by atoms with Gasteiger partial charge in [0.15, 0.2) is 0 Å². The SMILES string of the molecule is Cc1ccc(Cl)c(NCC2CCCCN2C(=O)OC(C)(C)C)c1. The molecule has 0 radical (unpaired) electrons. The van der Waals surface area contributed by atoms with Crippen molar-refractivity contribution >= 4 is 23.4 Å². The Kier molecular flexibility index (Phi) is 5.79. The molecule has 1 saturated heterocycles. The summed E-state index contributed by atoms with van der Waals surface area (Å²) in [6.45, 7) is 9.16. The van der Waals surface area contributed by atoms with Crippen LogP contribution in [-0.2, 0) is 4.74 Å². The van der Waals surface area contributed by atoms with E-state index in [1.165, 1.54) is 0 Å². The molecule has 1 aromatic carbocycles. The normalized spacial score (nSPS) is 18.7. The van der Waals surface area contributed by atoms with Crippen molar-refractivity contribution in [2.24, 2.45) is 0 Å². The predicted octanol–water partition coefficient (Wildman–Crippen LogP) is 4.85. The molecular formula is C18H27ClN2O2. The number of carbonyl (C=O) groups is 1. The third-order valence-corrected chi connectivity index (χ3v) is 4.23. The fourth-order valence-electron chi connectivity index (χ4n) is 2.78. The number of nitrogens with zero attached hydrogens (tertiary/aromatic N) is 1. The van der Waals surface area contributed by atoms with Crippen molar-refractivity contribution in [3.8, 4) is 0 Å². The number of aryl methyl sites for hydroxylation is 1. The van der Waals surface area contributed by atoms with Gasteiger partial charge in [-0.05, 0) is 64.7 Å². The van der Waals surface area contributed by atoms with Crippen LogP contribution in [0.5, 0.6) is 0 Å². The van der Waals surface area contributed by atoms with Gasteiger partial charge in [-0.3, -0.25) is 0 Å². The maximum Gasteiger partial charge on any atom is 0.410 e. The zero-order valence-electron chi connectivity index (χ0n) is 14.5. The summed E-state index contributed by atoms with van der Waals surface area (Å²) in [5.74, 6) is 0. The smallest absolute Gasteiger partial charge is 0.410 e. The van der Waals surface area contributed by atoms with Crippen LogP contribution in [0, 0.1) is 6.92 Å². The van der Waals surface area contributed by atoms with Gasteiger partial charge in [0, 0.05) is 13.1 Å². The first kappa shape index (κ1) is 17.9. The number of anilines is 1. The highest BCUT2D eigenvalue weighted by Gasteiger charge is 2.30. The number of piperidine rings is 1. The molecule has 23 heavy (non-hydrogen) atoms. The number of rotatable bonds is 3. The number of halogens is 1. The van der Waals surface area contributed by atoms with Crippen LogP contribution in [0.1, 0.15) is 45.6 Å². The molecule has 2 rings (SSSR count). The fraction of sp³-hybridized carbons (Fsp3) is 0.611. The van der Waals surface area contributed by atoms with Crippen molar-refractivity contribution in [1.29, 1.82) is 0 Å². The molecule has 1 heterocycles. The first-order valence-corrected chi connectivity index (χ1v) is 8.64. The third kappa shape index (κ3) is 5.31. The van der Waals surface area contributed by atoms with Crippen molar-refractivity contribution < 1.29 is 9.53 Å². The van der Waals surface area contributed by atoms with Crippen molar-refractivity contribution in [2.75, 3.05) is 18.4 Å². The van der Waals surface area contributed by atoms with Gasteiger partial charge in [0.1, 0.15) is 5.60 Å². The van der Waals surface area contributed by atoms with Crippen LogP contribution in [0.25, 0.3) is 0 Å². The minimum atomic E-state index is -0.466. The van der Waals surface area contributed by atoms with Gasteiger partial charge >= 0.3 is 6.09 Å². The Bertz CT molecular complexity index is 554. The van der Waals surface area contributed by atoms with Crippen LogP contribution in [0.2, 0.25) is 5.02 Å². The lowest BCUT2D eigenvalue weighted by Crippen LogP contribution is -2.48. The van der Waals surface area contributed by atoms with E-state index < -0.39 is 5.60 Å². The molecule has 0 spiro atoms. The second-order valence-electron chi connectivity index (χ2n) is 7.19. The van der Waals surface area contributed by atoms with Crippen molar-refractivity contribution in [1.82, 2.24) is 4.90 Å². The lowest BCUT2D eigenvalue weighted by Gasteiger charge is -2.37. The maximum atomic E-state index is 12.4. The zero-order chi connectivity index (χ0) is 17.0. The number of amides is 1. The van der Waals surface area contributed by atoms with Gasteiger partial charge in [-0.15, -0.1) is 0 Å². The molecule has 1 atom stereocenters. The zero-order valence-corrected chi connectivity index (χ0v) is 15.2. The summed E-state index contributed by atoms with van der Waals surface area (Å²) in [7, 11) is 0. The van der Waals surface area contributed by atoms with Crippen LogP contribution in [-0.4, -0.2) is 35.7 Å². The van der Waals surface area contributed by atoms with E-state index in [4.69, 9.17) is 16.3 Å². The Morgan fingerprint density at radius 1 is 1.39 bits per heavy atom. The van der Waals surface area contributed by atoms with E-state index in [1.54, 1.807) is 0 Å². The Morgan fingerprint density at radius 2 is 2.13 bits per heavy atom. The second kappa shape index (κ2) is 7.43. The van der Waals surface area contributed by atoms with E-state index in [0.29, 0.717) is 11.6 Å². The molecule has 1 aliphatic rings. The summed E-state index contributed by atoms with van der Waals surface area (Å²) < 4.78 is 5.54. The van der Waals surface area contributed by atoms with E-state index in [2.05, 4.69) is 5.32 Å². The second-order valence-corrected chi connectivity index (χ2v) is 7.59. The molecule has 5 heteroatoms. The van der Waals surface area contributed by atoms with Crippen LogP contribution in [0.4, 0.5) is 10.5 Å². The summed E-state index contributed by atoms with van der Waals surface area (Å²) in [6, 6.07) is 6.05. The van der Waals surface area contributed by atoms with E-state index in [9.17, 15) is 4.79 Å². The van der Waals surface area contributed by atoms with Gasteiger partial charge in [-0.1, -0.05) is 17.7 Å². The molecule has 1 aromatic rings. The van der Waals surface area contributed by atoms with Crippen molar-refractivity contribution in [2.45, 2.75) is 58.6 Å². The molecule has 1 aliphatic heterocycles. The highest BCUT2D eigenvalue weighted by molar-refractivity contribution is 6.33. The monoisotopic (exact) mass is 338 g/mol. The van der Waals surface area contributed by atoms with Crippen LogP contribution in [0.15, 0.2) is 18.2 Å². The highest BCUT2D eigenvalue weighted by atomic mass is 35.5. The average Bonchev–Trinajstić information content (AvgIpc) is 2.47. The topological polar surface area (TPSA) is 41.6 Å². The lowest BCUT2D eigenvalue weighted by molar-refractivity contribution is 0.0114. The Hall–Kier alpha value is -1.42. The van der Waals surface area contributed by atoms with Crippen molar-refractivity contribution in [3.63, 3.8) is 0 Å². The third-order valence-electron chi connectivity index (χ3n) is 3.91. The van der Waals surface area contributed by atoms with E-state index in [1.807, 2.05) is 50.8 Å². The number of carbonyl (C=O) groups excluding carboxylic acids is 1. The molecule has 128 valence electrons. The minimum Gasteiger partial charge on any atom is -0.444 e. The standard InChI is InChI=1S/C18H27ClN2O2/c1-13-8-9-15(19)16(11-13)20-12-14-7-5-6-10-21(14)17(22)23-18(2,3)4/h8-9,11,14,20H,5-7,10,12H2,1-4H3. The number of hydrogen-bond acceptors (Lipinski definition) is 3. The van der Waals surface area contributed by atoms with Gasteiger partial charge in [0.05, 0.1) is 16.8 Å². The highest BCUT2D eigenvalue weighted by Crippen LogP contribution is 2.25. The Labute approximate surface area is 144 Å². The van der Waals surface area contributed by atoms with Crippen LogP contribution >= 0.6 is 11.6 Å². The quantitative estimate of drug-likeness (QED) is 0.856. The van der Waals surface area contributed by atoms with Crippen LogP contribution < -0.4 is 5.32 Å². The molecule has 4 nitrogen and oxygen atoms in total. The number of hydrogen-bond donors (Lipinski definition) is 1. The molecular weight excluding hydrogens is 312 g/mol. The largest absolute Gasteiger partial charge is 0.444 e. The fourth-order valence-corrected chi connectivity index (χ4v) is 2.96. The Morgan fingerprint density at radius 3 is 2.83 bits per heavy atom. The summed E-state index contributed by atoms with van der Waals surface area (Å²) in [6.07, 6.45) is 2.92. The van der Waals surface area contributed by atoms with Gasteiger partial charge in [-0.25, -0.2) is 4.79 Å². The molecule has 1 fully saturated rings. The summed E-state index contributed by atoms with van der Waals surface area (Å²) in [4.78, 5) is 14.3. The van der Waals surface area contributed by atoms with E-state index in [-0.39, 0.29) is 12.1 Å². The molecule has 1 amide bonds. The number of likely N-dealkylation sites (tertiary alicyclic amines) is 1. The predicted molar refractivity (Wildman–Crippen MR) is 95.3 cm³/mol. The molecule has 1 N–H and O–H groups in total. The molecule has 0 bridgehead atoms. The number of ether oxygens (including phenoxy) is 1. The summed E-state index contributed by atoms with van der Waals surface area (Å²) in [5, 5.41) is 4.09. The lowest BCUT2D eigenvalue weighted by atomic mass is 10.0. The molecule has 0 aliphatic carbocycles. The maximum absolute atomic E-state index is 12.4. The first-order chi connectivity index (χ1) is 10.8. The van der Waals surface area contributed by atoms with Gasteiger partial charge in [0.25, 0.3) is 0 Å². The molecule has 0 saturated carbocycles. The summed E-state index contributed by atoms with van der Waals surface area (Å²) in [5.41, 5.74) is 1.61. The van der Waals surface area contributed by atoms with Gasteiger partial charge < -0.3 is 15.0 Å². The van der Waals surface area contributed by atoms with Crippen LogP contribution in [0.3, 0.4) is 0 Å². The van der Waals surface area contributed by atoms with E-state index in [0.717, 1.165) is 37.1 Å².